The van der Waals surface area contributed by atoms with Crippen LogP contribution in [0.25, 0.3) is 0 Å². The topological polar surface area (TPSA) is 80.8 Å². The molecule has 26 heavy (non-hydrogen) atoms. The predicted octanol–water partition coefficient (Wildman–Crippen LogP) is 1.35. The first-order valence-corrected chi connectivity index (χ1v) is 9.81. The summed E-state index contributed by atoms with van der Waals surface area (Å²) in [7, 11) is 0. The van der Waals surface area contributed by atoms with Gasteiger partial charge in [0.2, 0.25) is 0 Å². The number of rotatable bonds is 1. The molecule has 0 bridgehead atoms. The van der Waals surface area contributed by atoms with Crippen LogP contribution in [0.4, 0.5) is 0 Å². The Morgan fingerprint density at radius 2 is 1.96 bits per heavy atom. The molecule has 8 atom stereocenters. The van der Waals surface area contributed by atoms with Gasteiger partial charge in [0.25, 0.3) is 0 Å². The Bertz CT molecular complexity index is 774. The monoisotopic (exact) mass is 362 g/mol. The number of fused-ring (bicyclic) bond motifs is 4. The molecule has 4 heterocycles. The molecule has 1 saturated carbocycles. The van der Waals surface area contributed by atoms with Gasteiger partial charge in [0.05, 0.1) is 6.61 Å². The van der Waals surface area contributed by atoms with Gasteiger partial charge < -0.3 is 24.1 Å². The van der Waals surface area contributed by atoms with Crippen LogP contribution in [0.1, 0.15) is 40.5 Å². The Hall–Kier alpha value is -0.950. The number of carbonyl (C=O) groups is 1. The zero-order chi connectivity index (χ0) is 18.3. The summed E-state index contributed by atoms with van der Waals surface area (Å²) in [5.74, 6) is 0.111. The first kappa shape index (κ1) is 16.0. The number of esters is 1. The van der Waals surface area contributed by atoms with Crippen LogP contribution in [-0.2, 0) is 23.7 Å². The van der Waals surface area contributed by atoms with Crippen molar-refractivity contribution in [3.8, 4) is 0 Å². The third-order valence-corrected chi connectivity index (χ3v) is 8.71. The third-order valence-electron chi connectivity index (χ3n) is 8.71. The molecule has 0 amide bonds. The van der Waals surface area contributed by atoms with Gasteiger partial charge in [-0.15, -0.1) is 0 Å². The Morgan fingerprint density at radius 1 is 1.19 bits per heavy atom. The predicted molar refractivity (Wildman–Crippen MR) is 89.2 cm³/mol. The molecule has 0 aromatic heterocycles. The summed E-state index contributed by atoms with van der Waals surface area (Å²) in [6.07, 6.45) is 0.711. The van der Waals surface area contributed by atoms with Crippen molar-refractivity contribution in [2.45, 2.75) is 75.7 Å². The molecule has 6 aliphatic rings. The average Bonchev–Trinajstić information content (AvgIpc) is 3.46. The summed E-state index contributed by atoms with van der Waals surface area (Å²) in [5, 5.41) is 11.4. The van der Waals surface area contributed by atoms with Crippen LogP contribution in [0, 0.1) is 17.3 Å². The van der Waals surface area contributed by atoms with Crippen molar-refractivity contribution in [2.75, 3.05) is 13.2 Å². The summed E-state index contributed by atoms with van der Waals surface area (Å²) < 4.78 is 24.3. The molecular weight excluding hydrogens is 336 g/mol. The van der Waals surface area contributed by atoms with Gasteiger partial charge in [-0.3, -0.25) is 0 Å². The first-order chi connectivity index (χ1) is 12.2. The van der Waals surface area contributed by atoms with Crippen LogP contribution in [0.5, 0.6) is 0 Å². The van der Waals surface area contributed by atoms with Crippen molar-refractivity contribution in [2.24, 2.45) is 17.3 Å². The van der Waals surface area contributed by atoms with Crippen LogP contribution < -0.4 is 0 Å². The number of cyclic esters (lactones) is 1. The van der Waals surface area contributed by atoms with E-state index in [1.807, 2.05) is 6.92 Å². The minimum absolute atomic E-state index is 0.0497. The highest BCUT2D eigenvalue weighted by Gasteiger charge is 2.93. The summed E-state index contributed by atoms with van der Waals surface area (Å²) in [6, 6.07) is 0. The Balaban J connectivity index is 1.48. The van der Waals surface area contributed by atoms with Crippen LogP contribution in [0.2, 0.25) is 0 Å². The van der Waals surface area contributed by atoms with Crippen molar-refractivity contribution >= 4 is 5.97 Å². The molecule has 2 aliphatic carbocycles. The SMILES string of the molecule is CC(C)[C@]12O[C@H]1[C@@H]1O[C@@]13[C@@]1(C)CCC4=C(COC4=O)[C@@H]1CO[C@@]3(C)[C@@H]2O. The van der Waals surface area contributed by atoms with Crippen molar-refractivity contribution in [1.82, 2.24) is 0 Å². The molecule has 142 valence electrons. The minimum Gasteiger partial charge on any atom is -0.458 e. The lowest BCUT2D eigenvalue weighted by molar-refractivity contribution is -0.253. The summed E-state index contributed by atoms with van der Waals surface area (Å²) in [6.45, 7) is 9.29. The summed E-state index contributed by atoms with van der Waals surface area (Å²) >= 11 is 0. The number of epoxide rings is 2. The average molecular weight is 362 g/mol. The first-order valence-electron chi connectivity index (χ1n) is 9.81. The quantitative estimate of drug-likeness (QED) is 0.560. The molecule has 6 heteroatoms. The molecule has 0 unspecified atom stereocenters. The molecule has 6 nitrogen and oxygen atoms in total. The zero-order valence-electron chi connectivity index (χ0n) is 15.7. The molecule has 6 rings (SSSR count). The molecule has 0 aromatic rings. The fourth-order valence-electron chi connectivity index (χ4n) is 7.12. The standard InChI is InChI=1S/C20H26O6/c1-9(2)19-13(25-19)14-20(26-14)17(3)6-5-10-11(7-23-15(10)21)12(17)8-24-18(20,4)16(19)22/h9,12-14,16,22H,5-8H2,1-4H3/t12-,13-,14-,16-,17-,18-,19-,20+/m0/s1. The number of hydrogen-bond donors (Lipinski definition) is 1. The maximum atomic E-state index is 12.0. The molecule has 1 spiro atoms. The number of aliphatic hydroxyl groups is 1. The van der Waals surface area contributed by atoms with E-state index in [4.69, 9.17) is 18.9 Å². The number of hydrogen-bond acceptors (Lipinski definition) is 6. The lowest BCUT2D eigenvalue weighted by Crippen LogP contribution is -2.74. The fraction of sp³-hybridized carbons (Fsp3) is 0.850. The maximum Gasteiger partial charge on any atom is 0.334 e. The second kappa shape index (κ2) is 4.22. The molecule has 0 radical (unpaired) electrons. The van der Waals surface area contributed by atoms with Crippen molar-refractivity contribution in [3.05, 3.63) is 11.1 Å². The Morgan fingerprint density at radius 3 is 2.69 bits per heavy atom. The third kappa shape index (κ3) is 1.32. The highest BCUT2D eigenvalue weighted by Crippen LogP contribution is 2.76. The van der Waals surface area contributed by atoms with Crippen LogP contribution in [-0.4, -0.2) is 59.4 Å². The van der Waals surface area contributed by atoms with Crippen molar-refractivity contribution < 1.29 is 28.8 Å². The van der Waals surface area contributed by atoms with E-state index in [0.717, 1.165) is 17.6 Å². The van der Waals surface area contributed by atoms with E-state index in [2.05, 4.69) is 20.8 Å². The van der Waals surface area contributed by atoms with E-state index in [-0.39, 0.29) is 35.4 Å². The molecule has 4 fully saturated rings. The highest BCUT2D eigenvalue weighted by atomic mass is 16.7. The highest BCUT2D eigenvalue weighted by molar-refractivity contribution is 5.92. The van der Waals surface area contributed by atoms with Gasteiger partial charge in [-0.1, -0.05) is 20.8 Å². The number of aliphatic hydroxyl groups excluding tert-OH is 1. The van der Waals surface area contributed by atoms with Gasteiger partial charge in [-0.2, -0.15) is 0 Å². The number of carbonyl (C=O) groups excluding carboxylic acids is 1. The second-order valence-electron chi connectivity index (χ2n) is 9.69. The summed E-state index contributed by atoms with van der Waals surface area (Å²) in [5.41, 5.74) is -0.208. The van der Waals surface area contributed by atoms with Crippen LogP contribution in [0.15, 0.2) is 11.1 Å². The van der Waals surface area contributed by atoms with Crippen LogP contribution >= 0.6 is 0 Å². The molecule has 0 aromatic carbocycles. The van der Waals surface area contributed by atoms with Gasteiger partial charge in [-0.05, 0) is 31.3 Å². The molecule has 4 aliphatic heterocycles. The largest absolute Gasteiger partial charge is 0.458 e. The maximum absolute atomic E-state index is 12.0. The van der Waals surface area contributed by atoms with E-state index in [0.29, 0.717) is 19.6 Å². The molecule has 3 saturated heterocycles. The smallest absolute Gasteiger partial charge is 0.334 e. The fourth-order valence-corrected chi connectivity index (χ4v) is 7.12. The minimum atomic E-state index is -0.804. The van der Waals surface area contributed by atoms with E-state index in [1.54, 1.807) is 0 Å². The van der Waals surface area contributed by atoms with Crippen LogP contribution in [0.3, 0.4) is 0 Å². The zero-order valence-corrected chi connectivity index (χ0v) is 15.7. The molecular formula is C20H26O6. The second-order valence-corrected chi connectivity index (χ2v) is 9.69. The Kier molecular flexibility index (Phi) is 2.60. The lowest BCUT2D eigenvalue weighted by Gasteiger charge is -2.59. The van der Waals surface area contributed by atoms with E-state index in [1.165, 1.54) is 0 Å². The van der Waals surface area contributed by atoms with Crippen molar-refractivity contribution in [3.63, 3.8) is 0 Å². The van der Waals surface area contributed by atoms with Crippen molar-refractivity contribution in [1.29, 1.82) is 0 Å². The molecule has 1 N–H and O–H groups in total. The van der Waals surface area contributed by atoms with E-state index in [9.17, 15) is 9.90 Å². The summed E-state index contributed by atoms with van der Waals surface area (Å²) in [4.78, 5) is 12.0. The van der Waals surface area contributed by atoms with Gasteiger partial charge >= 0.3 is 5.97 Å². The van der Waals surface area contributed by atoms with E-state index < -0.39 is 22.9 Å². The number of ether oxygens (including phenoxy) is 4. The van der Waals surface area contributed by atoms with Gasteiger partial charge in [0, 0.05) is 16.9 Å². The van der Waals surface area contributed by atoms with Gasteiger partial charge in [0.15, 0.2) is 0 Å². The van der Waals surface area contributed by atoms with Gasteiger partial charge in [-0.25, -0.2) is 4.79 Å². The Labute approximate surface area is 152 Å². The lowest BCUT2D eigenvalue weighted by atomic mass is 9.49. The van der Waals surface area contributed by atoms with E-state index >= 15 is 0 Å². The normalized spacial score (nSPS) is 59.1. The van der Waals surface area contributed by atoms with Gasteiger partial charge in [0.1, 0.15) is 41.7 Å².